The number of carbonyl (C=O) groups excluding carboxylic acids is 1. The molecule has 0 spiro atoms. The third-order valence-corrected chi connectivity index (χ3v) is 6.04. The summed E-state index contributed by atoms with van der Waals surface area (Å²) >= 11 is 2.93. The zero-order chi connectivity index (χ0) is 21.5. The van der Waals surface area contributed by atoms with Gasteiger partial charge in [0.25, 0.3) is 5.91 Å². The Hall–Kier alpha value is 0.620. The Bertz CT molecular complexity index is 1060. The third kappa shape index (κ3) is 7.59. The van der Waals surface area contributed by atoms with Crippen LogP contribution in [0.15, 0.2) is 31.5 Å². The molecule has 15 heteroatoms. The van der Waals surface area contributed by atoms with Crippen LogP contribution in [0.1, 0.15) is 33.6 Å². The van der Waals surface area contributed by atoms with E-state index in [0.717, 1.165) is 6.07 Å². The Morgan fingerprint density at radius 2 is 1.73 bits per heavy atom. The van der Waals surface area contributed by atoms with Crippen LogP contribution in [0.4, 0.5) is 5.69 Å². The van der Waals surface area contributed by atoms with Gasteiger partial charge in [0.1, 0.15) is 25.9 Å². The van der Waals surface area contributed by atoms with Gasteiger partial charge in [-0.2, -0.15) is 10.1 Å². The van der Waals surface area contributed by atoms with Crippen LogP contribution < -0.4 is 64.1 Å². The number of benzene rings is 1. The van der Waals surface area contributed by atoms with Gasteiger partial charge < -0.3 is 13.8 Å². The second kappa shape index (κ2) is 11.2. The standard InChI is InChI=1S/C15H19BrN2O8S2.2Na/c1-4-26-15(2,3)8-9-5-13(19)18(17-9)14-11(16)6-10(27(20,21)22)7-12(14)28(23,24)25;;/h6-7H,4-5,8H2,1-3H3,(H,20,21,22)(H,23,24,25);;/q;2*+1/p-2. The number of hydrogen-bond acceptors (Lipinski definition) is 9. The molecule has 1 aromatic rings. The maximum Gasteiger partial charge on any atom is 1.00 e. The van der Waals surface area contributed by atoms with E-state index in [2.05, 4.69) is 21.0 Å². The fraction of sp³-hybridized carbons (Fsp3) is 0.467. The van der Waals surface area contributed by atoms with Gasteiger partial charge in [0, 0.05) is 17.5 Å². The van der Waals surface area contributed by atoms with Gasteiger partial charge in [-0.3, -0.25) is 4.79 Å². The normalized spacial score (nSPS) is 14.8. The molecule has 2 rings (SSSR count). The van der Waals surface area contributed by atoms with E-state index in [-0.39, 0.29) is 76.4 Å². The Morgan fingerprint density at radius 3 is 2.20 bits per heavy atom. The van der Waals surface area contributed by atoms with Crippen molar-refractivity contribution in [3.05, 3.63) is 16.6 Å². The molecule has 1 aliphatic rings. The monoisotopic (exact) mass is 542 g/mol. The van der Waals surface area contributed by atoms with Crippen LogP contribution in [-0.4, -0.2) is 49.8 Å². The summed E-state index contributed by atoms with van der Waals surface area (Å²) in [5.41, 5.74) is -0.684. The predicted molar refractivity (Wildman–Crippen MR) is 99.9 cm³/mol. The summed E-state index contributed by atoms with van der Waals surface area (Å²) < 4.78 is 74.0. The van der Waals surface area contributed by atoms with E-state index < -0.39 is 47.2 Å². The Balaban J connectivity index is 0.00000420. The van der Waals surface area contributed by atoms with Gasteiger partial charge >= 0.3 is 59.1 Å². The van der Waals surface area contributed by atoms with Gasteiger partial charge in [0.15, 0.2) is 0 Å². The second-order valence-corrected chi connectivity index (χ2v) is 10.2. The molecule has 0 bridgehead atoms. The minimum Gasteiger partial charge on any atom is -0.744 e. The number of anilines is 1. The summed E-state index contributed by atoms with van der Waals surface area (Å²) in [5.74, 6) is -0.620. The molecule has 0 saturated heterocycles. The van der Waals surface area contributed by atoms with Crippen LogP contribution in [0, 0.1) is 0 Å². The molecule has 0 atom stereocenters. The summed E-state index contributed by atoms with van der Waals surface area (Å²) in [7, 11) is -10.3. The molecule has 1 aromatic carbocycles. The zero-order valence-corrected chi connectivity index (χ0v) is 24.3. The van der Waals surface area contributed by atoms with Crippen molar-refractivity contribution in [2.24, 2.45) is 5.10 Å². The van der Waals surface area contributed by atoms with Crippen LogP contribution >= 0.6 is 15.9 Å². The summed E-state index contributed by atoms with van der Waals surface area (Å²) in [6, 6.07) is 1.24. The molecule has 1 amide bonds. The first-order valence-corrected chi connectivity index (χ1v) is 11.6. The Labute approximate surface area is 228 Å². The maximum atomic E-state index is 12.4. The minimum absolute atomic E-state index is 0. The van der Waals surface area contributed by atoms with Crippen LogP contribution in [0.3, 0.4) is 0 Å². The number of ether oxygens (including phenoxy) is 1. The molecular formula is C15H17BrN2Na2O8S2. The zero-order valence-electron chi connectivity index (χ0n) is 17.1. The molecule has 1 heterocycles. The SMILES string of the molecule is CCOC(C)(C)CC1=NN(c2c(Br)cc(S(=O)(=O)[O-])cc2S(=O)(=O)[O-])C(=O)C1.[Na+].[Na+]. The van der Waals surface area contributed by atoms with Crippen molar-refractivity contribution in [3.8, 4) is 0 Å². The first-order valence-electron chi connectivity index (χ1n) is 7.94. The van der Waals surface area contributed by atoms with Crippen molar-refractivity contribution in [1.29, 1.82) is 0 Å². The van der Waals surface area contributed by atoms with Crippen molar-refractivity contribution in [2.45, 2.75) is 49.0 Å². The minimum atomic E-state index is -5.23. The van der Waals surface area contributed by atoms with E-state index in [9.17, 15) is 30.7 Å². The van der Waals surface area contributed by atoms with Crippen molar-refractivity contribution < 1.29 is 94.6 Å². The molecule has 0 fully saturated rings. The summed E-state index contributed by atoms with van der Waals surface area (Å²) in [6.07, 6.45) is 0.135. The van der Waals surface area contributed by atoms with Crippen molar-refractivity contribution >= 4 is 53.5 Å². The number of hydrogen-bond donors (Lipinski definition) is 0. The number of carbonyl (C=O) groups is 1. The maximum absolute atomic E-state index is 12.4. The molecule has 0 saturated carbocycles. The summed E-state index contributed by atoms with van der Waals surface area (Å²) in [5, 5.41) is 4.81. The van der Waals surface area contributed by atoms with Crippen molar-refractivity contribution in [3.63, 3.8) is 0 Å². The fourth-order valence-electron chi connectivity index (χ4n) is 2.78. The molecule has 0 radical (unpaired) electrons. The van der Waals surface area contributed by atoms with Crippen LogP contribution in [0.5, 0.6) is 0 Å². The number of halogens is 1. The molecule has 0 aliphatic carbocycles. The number of amides is 1. The van der Waals surface area contributed by atoms with Crippen molar-refractivity contribution in [1.82, 2.24) is 0 Å². The molecular weight excluding hydrogens is 526 g/mol. The van der Waals surface area contributed by atoms with E-state index in [1.807, 2.05) is 6.92 Å². The van der Waals surface area contributed by atoms with Gasteiger partial charge in [-0.15, -0.1) is 0 Å². The third-order valence-electron chi connectivity index (χ3n) is 3.77. The van der Waals surface area contributed by atoms with E-state index in [0.29, 0.717) is 23.4 Å². The van der Waals surface area contributed by atoms with E-state index in [1.54, 1.807) is 13.8 Å². The number of rotatable bonds is 7. The molecule has 0 N–H and O–H groups in total. The van der Waals surface area contributed by atoms with Crippen molar-refractivity contribution in [2.75, 3.05) is 11.6 Å². The molecule has 30 heavy (non-hydrogen) atoms. The second-order valence-electron chi connectivity index (χ2n) is 6.58. The molecule has 0 unspecified atom stereocenters. The predicted octanol–water partition coefficient (Wildman–Crippen LogP) is -4.44. The van der Waals surface area contributed by atoms with Crippen LogP contribution in [-0.2, 0) is 29.8 Å². The topological polar surface area (TPSA) is 156 Å². The molecule has 1 aliphatic heterocycles. The van der Waals surface area contributed by atoms with Gasteiger partial charge in [-0.25, -0.2) is 16.8 Å². The molecule has 156 valence electrons. The number of hydrazone groups is 1. The van der Waals surface area contributed by atoms with Crippen LogP contribution in [0.2, 0.25) is 0 Å². The van der Waals surface area contributed by atoms with Crippen LogP contribution in [0.25, 0.3) is 0 Å². The largest absolute Gasteiger partial charge is 1.00 e. The van der Waals surface area contributed by atoms with Gasteiger partial charge in [0.05, 0.1) is 27.5 Å². The van der Waals surface area contributed by atoms with Gasteiger partial charge in [-0.1, -0.05) is 0 Å². The Morgan fingerprint density at radius 1 is 1.17 bits per heavy atom. The summed E-state index contributed by atoms with van der Waals surface area (Å²) in [6.45, 7) is 5.84. The Kier molecular flexibility index (Phi) is 11.4. The first-order chi connectivity index (χ1) is 12.7. The van der Waals surface area contributed by atoms with Gasteiger partial charge in [-0.05, 0) is 48.8 Å². The van der Waals surface area contributed by atoms with Gasteiger partial charge in [0.2, 0.25) is 0 Å². The number of nitrogens with zero attached hydrogens (tertiary/aromatic N) is 2. The van der Waals surface area contributed by atoms with E-state index >= 15 is 0 Å². The average Bonchev–Trinajstić information content (AvgIpc) is 2.83. The average molecular weight is 543 g/mol. The van der Waals surface area contributed by atoms with E-state index in [4.69, 9.17) is 4.74 Å². The van der Waals surface area contributed by atoms with E-state index in [1.165, 1.54) is 0 Å². The quantitative estimate of drug-likeness (QED) is 0.247. The molecule has 10 nitrogen and oxygen atoms in total. The molecule has 0 aromatic heterocycles. The summed E-state index contributed by atoms with van der Waals surface area (Å²) in [4.78, 5) is 10.4. The fourth-order valence-corrected chi connectivity index (χ4v) is 4.99. The first kappa shape index (κ1) is 30.6. The smallest absolute Gasteiger partial charge is 0.744 e.